The van der Waals surface area contributed by atoms with Crippen LogP contribution in [0.3, 0.4) is 0 Å². The molecule has 3 aromatic rings. The Morgan fingerprint density at radius 1 is 1.13 bits per heavy atom. The van der Waals surface area contributed by atoms with E-state index in [0.29, 0.717) is 23.6 Å². The summed E-state index contributed by atoms with van der Waals surface area (Å²) in [5.41, 5.74) is 3.49. The van der Waals surface area contributed by atoms with Gasteiger partial charge in [-0.25, -0.2) is 14.3 Å². The smallest absolute Gasteiger partial charge is 0.416 e. The number of carboxylic acid groups (broad SMARTS) is 1. The number of benzene rings is 1. The second-order valence-electron chi connectivity index (χ2n) is 12.7. The van der Waals surface area contributed by atoms with E-state index in [0.717, 1.165) is 27.3 Å². The van der Waals surface area contributed by atoms with Crippen LogP contribution in [-0.2, 0) is 9.59 Å². The Morgan fingerprint density at radius 3 is 2.36 bits per heavy atom. The van der Waals surface area contributed by atoms with Crippen LogP contribution >= 0.6 is 0 Å². The van der Waals surface area contributed by atoms with Crippen molar-refractivity contribution in [1.29, 1.82) is 0 Å². The Labute approximate surface area is 273 Å². The number of carboxylic acids is 1. The van der Waals surface area contributed by atoms with Crippen LogP contribution in [0.15, 0.2) is 72.2 Å². The fraction of sp³-hybridized carbons (Fsp3) is 0.400. The third-order valence-electron chi connectivity index (χ3n) is 8.22. The predicted molar refractivity (Wildman–Crippen MR) is 175 cm³/mol. The number of allylic oxidation sites excluding steroid dienone is 2. The Bertz CT molecular complexity index is 1750. The van der Waals surface area contributed by atoms with E-state index < -0.39 is 42.1 Å². The first-order chi connectivity index (χ1) is 22.0. The van der Waals surface area contributed by atoms with E-state index in [1.807, 2.05) is 45.9 Å². The number of aryl methyl sites for hydroxylation is 2. The number of aromatic nitrogens is 3. The average molecular weight is 652 g/mol. The van der Waals surface area contributed by atoms with Gasteiger partial charge in [0.25, 0.3) is 0 Å². The molecule has 0 bridgehead atoms. The fourth-order valence-electron chi connectivity index (χ4n) is 5.92. The summed E-state index contributed by atoms with van der Waals surface area (Å²) in [6.45, 7) is 16.0. The van der Waals surface area contributed by atoms with Crippen LogP contribution in [0.1, 0.15) is 56.0 Å². The highest BCUT2D eigenvalue weighted by Gasteiger charge is 2.43. The zero-order valence-electron chi connectivity index (χ0n) is 27.7. The topological polar surface area (TPSA) is 94.0 Å². The summed E-state index contributed by atoms with van der Waals surface area (Å²) in [6, 6.07) is 7.18. The van der Waals surface area contributed by atoms with Gasteiger partial charge in [0, 0.05) is 30.1 Å². The van der Waals surface area contributed by atoms with Crippen LogP contribution < -0.4 is 0 Å². The molecule has 1 N–H and O–H groups in total. The minimum atomic E-state index is -4.61. The van der Waals surface area contributed by atoms with Crippen molar-refractivity contribution in [2.24, 2.45) is 5.92 Å². The number of halogens is 3. The first kappa shape index (κ1) is 35.3. The van der Waals surface area contributed by atoms with Crippen LogP contribution in [0.25, 0.3) is 16.9 Å². The minimum absolute atomic E-state index is 0.00392. The molecule has 1 aliphatic rings. The lowest BCUT2D eigenvalue weighted by Crippen LogP contribution is -2.45. The molecule has 2 atom stereocenters. The summed E-state index contributed by atoms with van der Waals surface area (Å²) in [5, 5.41) is 14.4. The van der Waals surface area contributed by atoms with Crippen LogP contribution in [0, 0.1) is 19.8 Å². The summed E-state index contributed by atoms with van der Waals surface area (Å²) >= 11 is 0. The lowest BCUT2D eigenvalue weighted by Gasteiger charge is -2.34. The lowest BCUT2D eigenvalue weighted by molar-refractivity contribution is -0.490. The fourth-order valence-corrected chi connectivity index (χ4v) is 5.92. The van der Waals surface area contributed by atoms with Gasteiger partial charge in [-0.05, 0) is 75.5 Å². The maximum atomic E-state index is 14.4. The minimum Gasteiger partial charge on any atom is -0.481 e. The molecule has 4 rings (SSSR count). The Balaban J connectivity index is 1.81. The quantitative estimate of drug-likeness (QED) is 0.181. The predicted octanol–water partition coefficient (Wildman–Crippen LogP) is 6.34. The Morgan fingerprint density at radius 2 is 1.79 bits per heavy atom. The van der Waals surface area contributed by atoms with Crippen LogP contribution in [-0.4, -0.2) is 85.5 Å². The van der Waals surface area contributed by atoms with E-state index >= 15 is 0 Å². The highest BCUT2D eigenvalue weighted by molar-refractivity contribution is 5.78. The van der Waals surface area contributed by atoms with Gasteiger partial charge in [0.2, 0.25) is 6.04 Å². The normalized spacial score (nSPS) is 15.2. The number of rotatable bonds is 12. The molecular formula is C35H42F3N6O3+. The van der Waals surface area contributed by atoms with E-state index in [1.54, 1.807) is 41.8 Å². The lowest BCUT2D eigenvalue weighted by atomic mass is 9.94. The van der Waals surface area contributed by atoms with Crippen molar-refractivity contribution in [3.8, 4) is 11.3 Å². The Hall–Kier alpha value is -4.58. The molecule has 0 saturated carbocycles. The number of carbonyl (C=O) groups is 2. The van der Waals surface area contributed by atoms with E-state index in [2.05, 4.69) is 18.4 Å². The summed E-state index contributed by atoms with van der Waals surface area (Å²) in [5.74, 6) is -1.79. The van der Waals surface area contributed by atoms with Crippen molar-refractivity contribution in [3.05, 3.63) is 89.0 Å². The van der Waals surface area contributed by atoms with Crippen molar-refractivity contribution in [2.75, 3.05) is 20.6 Å². The molecule has 0 spiro atoms. The van der Waals surface area contributed by atoms with E-state index in [-0.39, 0.29) is 30.0 Å². The van der Waals surface area contributed by atoms with Crippen LogP contribution in [0.4, 0.5) is 13.2 Å². The van der Waals surface area contributed by atoms with Crippen molar-refractivity contribution >= 4 is 24.2 Å². The third-order valence-corrected chi connectivity index (χ3v) is 8.22. The van der Waals surface area contributed by atoms with Gasteiger partial charge in [0.1, 0.15) is 18.8 Å². The van der Waals surface area contributed by atoms with Gasteiger partial charge in [0.05, 0.1) is 17.5 Å². The molecule has 47 heavy (non-hydrogen) atoms. The molecular weight excluding hydrogens is 609 g/mol. The maximum absolute atomic E-state index is 14.4. The Kier molecular flexibility index (Phi) is 10.5. The zero-order chi connectivity index (χ0) is 34.8. The molecule has 9 nitrogen and oxygen atoms in total. The van der Waals surface area contributed by atoms with Gasteiger partial charge in [-0.15, -0.1) is 0 Å². The monoisotopic (exact) mass is 651 g/mol. The van der Waals surface area contributed by atoms with E-state index in [1.165, 1.54) is 11.1 Å². The second-order valence-corrected chi connectivity index (χ2v) is 12.7. The van der Waals surface area contributed by atoms with E-state index in [9.17, 15) is 27.9 Å². The standard InChI is InChI=1S/C35H41F3N6O3/c1-21(2)16-30(43-20-25(13-15-41(6)7)26(17-24(43)5)35(36,37)38)34(47)42(8)28(19-32(45)46)27-18-29(44-31(40-27)12-14-39-44)33-22(3)10-9-11-23(33)4/h9-12,14,17-18,20-21,28,30H,5,8,13,15-16,19H2,1-4,6-7H3/p+1. The van der Waals surface area contributed by atoms with Crippen molar-refractivity contribution in [2.45, 2.75) is 65.2 Å². The molecule has 1 aliphatic heterocycles. The van der Waals surface area contributed by atoms with Crippen LogP contribution in [0.5, 0.6) is 0 Å². The van der Waals surface area contributed by atoms with E-state index in [4.69, 9.17) is 4.98 Å². The molecule has 12 heteroatoms. The maximum Gasteiger partial charge on any atom is 0.416 e. The molecule has 0 radical (unpaired) electrons. The van der Waals surface area contributed by atoms with Crippen molar-refractivity contribution < 1.29 is 32.4 Å². The van der Waals surface area contributed by atoms with Gasteiger partial charge in [-0.1, -0.05) is 38.6 Å². The first-order valence-electron chi connectivity index (χ1n) is 15.4. The molecule has 250 valence electrons. The third kappa shape index (κ3) is 7.87. The molecule has 0 aliphatic carbocycles. The zero-order valence-corrected chi connectivity index (χ0v) is 27.7. The number of fused-ring (bicyclic) bond motifs is 1. The molecule has 1 amide bonds. The number of aliphatic carboxylic acids is 1. The number of hydrogen-bond acceptors (Lipinski definition) is 6. The summed E-state index contributed by atoms with van der Waals surface area (Å²) < 4.78 is 45.0. The summed E-state index contributed by atoms with van der Waals surface area (Å²) in [4.78, 5) is 34.6. The number of amides is 1. The number of hydrogen-bond donors (Lipinski definition) is 1. The summed E-state index contributed by atoms with van der Waals surface area (Å²) in [6.07, 6.45) is -0.853. The van der Waals surface area contributed by atoms with Crippen LogP contribution in [0.2, 0.25) is 0 Å². The SMILES string of the molecule is C=C1C=C(C(F)(F)F)C(CCN(C)C)=CN1C(CC(C)C)C(=O)[N+](=C)C(CC(=O)O)c1cc(-c2c(C)cccc2C)n2nccc2n1. The number of nitrogens with zero attached hydrogens (tertiary/aromatic N) is 6. The largest absolute Gasteiger partial charge is 0.481 e. The van der Waals surface area contributed by atoms with Gasteiger partial charge < -0.3 is 14.9 Å². The molecule has 0 fully saturated rings. The van der Waals surface area contributed by atoms with Gasteiger partial charge in [-0.2, -0.15) is 22.8 Å². The highest BCUT2D eigenvalue weighted by Crippen LogP contribution is 2.39. The molecule has 3 heterocycles. The molecule has 2 aromatic heterocycles. The van der Waals surface area contributed by atoms with Gasteiger partial charge in [0.15, 0.2) is 11.7 Å². The van der Waals surface area contributed by atoms with Gasteiger partial charge in [-0.3, -0.25) is 4.79 Å². The second kappa shape index (κ2) is 14.0. The van der Waals surface area contributed by atoms with Crippen molar-refractivity contribution in [3.63, 3.8) is 0 Å². The number of alkyl halides is 3. The molecule has 2 unspecified atom stereocenters. The highest BCUT2D eigenvalue weighted by atomic mass is 19.4. The molecule has 1 aromatic carbocycles. The molecule has 0 saturated heterocycles. The first-order valence-corrected chi connectivity index (χ1v) is 15.4. The summed E-state index contributed by atoms with van der Waals surface area (Å²) in [7, 11) is 3.54. The van der Waals surface area contributed by atoms with Crippen molar-refractivity contribution in [1.82, 2.24) is 24.4 Å². The number of carbonyl (C=O) groups excluding carboxylic acids is 1. The van der Waals surface area contributed by atoms with Gasteiger partial charge >= 0.3 is 18.1 Å². The average Bonchev–Trinajstić information content (AvgIpc) is 3.45.